The first-order chi connectivity index (χ1) is 19.5. The highest BCUT2D eigenvalue weighted by atomic mass is 35.5. The quantitative estimate of drug-likeness (QED) is 0.283. The van der Waals surface area contributed by atoms with Crippen molar-refractivity contribution in [3.8, 4) is 5.75 Å². The van der Waals surface area contributed by atoms with E-state index in [-0.39, 0.29) is 23.3 Å². The topological polar surface area (TPSA) is 96.0 Å². The third-order valence-electron chi connectivity index (χ3n) is 6.65. The van der Waals surface area contributed by atoms with Crippen LogP contribution in [-0.4, -0.2) is 51.4 Å². The number of carbonyl (C=O) groups is 2. The maximum atomic E-state index is 14.1. The number of nitrogens with zero attached hydrogens (tertiary/aromatic N) is 2. The van der Waals surface area contributed by atoms with Crippen LogP contribution in [0.4, 0.5) is 5.69 Å². The van der Waals surface area contributed by atoms with Crippen LogP contribution in [0.1, 0.15) is 38.3 Å². The normalized spacial score (nSPS) is 12.1. The van der Waals surface area contributed by atoms with Gasteiger partial charge in [-0.1, -0.05) is 62.7 Å². The van der Waals surface area contributed by atoms with Gasteiger partial charge in [-0.3, -0.25) is 13.9 Å². The van der Waals surface area contributed by atoms with Gasteiger partial charge in [0.2, 0.25) is 11.8 Å². The molecule has 1 unspecified atom stereocenters. The van der Waals surface area contributed by atoms with Crippen LogP contribution in [0, 0.1) is 12.8 Å². The molecule has 2 amide bonds. The zero-order valence-electron chi connectivity index (χ0n) is 24.1. The van der Waals surface area contributed by atoms with E-state index in [9.17, 15) is 18.0 Å². The number of methoxy groups -OCH3 is 1. The smallest absolute Gasteiger partial charge is 0.264 e. The molecule has 3 aromatic rings. The molecule has 10 heteroatoms. The fourth-order valence-electron chi connectivity index (χ4n) is 4.36. The fraction of sp³-hybridized carbons (Fsp3) is 0.355. The first-order valence-electron chi connectivity index (χ1n) is 13.5. The zero-order chi connectivity index (χ0) is 30.2. The summed E-state index contributed by atoms with van der Waals surface area (Å²) in [4.78, 5) is 28.9. The molecule has 0 aromatic heterocycles. The standard InChI is InChI=1S/C31H38ClN3O5S/c1-6-28(31(37)33-19-22(2)3)34(20-24-11-15-26(40-5)16-12-24)30(36)21-35(29-10-8-7-9-23(29)4)41(38,39)27-17-13-25(32)14-18-27/h7-18,22,28H,6,19-21H2,1-5H3,(H,33,37). The van der Waals surface area contributed by atoms with Gasteiger partial charge in [0.1, 0.15) is 18.3 Å². The van der Waals surface area contributed by atoms with Crippen LogP contribution < -0.4 is 14.4 Å². The second kappa shape index (κ2) is 14.4. The van der Waals surface area contributed by atoms with Crippen molar-refractivity contribution in [2.24, 2.45) is 5.92 Å². The van der Waals surface area contributed by atoms with E-state index in [1.165, 1.54) is 29.2 Å². The predicted molar refractivity (Wildman–Crippen MR) is 163 cm³/mol. The van der Waals surface area contributed by atoms with Crippen molar-refractivity contribution in [2.75, 3.05) is 24.5 Å². The molecule has 0 aliphatic carbocycles. The molecule has 0 fully saturated rings. The Bertz CT molecular complexity index is 1430. The minimum Gasteiger partial charge on any atom is -0.497 e. The van der Waals surface area contributed by atoms with Crippen LogP contribution in [0.2, 0.25) is 5.02 Å². The molecule has 0 heterocycles. The van der Waals surface area contributed by atoms with E-state index >= 15 is 0 Å². The SMILES string of the molecule is CCC(C(=O)NCC(C)C)N(Cc1ccc(OC)cc1)C(=O)CN(c1ccccc1C)S(=O)(=O)c1ccc(Cl)cc1. The van der Waals surface area contributed by atoms with E-state index in [1.54, 1.807) is 50.4 Å². The lowest BCUT2D eigenvalue weighted by molar-refractivity contribution is -0.140. The Morgan fingerprint density at radius 2 is 1.61 bits per heavy atom. The lowest BCUT2D eigenvalue weighted by atomic mass is 10.1. The first kappa shape index (κ1) is 32.0. The molecule has 0 radical (unpaired) electrons. The second-order valence-electron chi connectivity index (χ2n) is 10.2. The molecule has 0 spiro atoms. The summed E-state index contributed by atoms with van der Waals surface area (Å²) < 4.78 is 34.3. The number of halogens is 1. The number of hydrogen-bond acceptors (Lipinski definition) is 5. The highest BCUT2D eigenvalue weighted by Crippen LogP contribution is 2.28. The fourth-order valence-corrected chi connectivity index (χ4v) is 5.96. The maximum Gasteiger partial charge on any atom is 0.264 e. The Morgan fingerprint density at radius 1 is 0.976 bits per heavy atom. The molecule has 41 heavy (non-hydrogen) atoms. The van der Waals surface area contributed by atoms with Crippen molar-refractivity contribution < 1.29 is 22.7 Å². The van der Waals surface area contributed by atoms with E-state index in [1.807, 2.05) is 32.9 Å². The Labute approximate surface area is 248 Å². The molecule has 3 aromatic carbocycles. The third-order valence-corrected chi connectivity index (χ3v) is 8.67. The number of rotatable bonds is 13. The van der Waals surface area contributed by atoms with Gasteiger partial charge < -0.3 is 15.0 Å². The number of sulfonamides is 1. The van der Waals surface area contributed by atoms with E-state index < -0.39 is 28.5 Å². The van der Waals surface area contributed by atoms with Crippen LogP contribution in [0.3, 0.4) is 0 Å². The number of carbonyl (C=O) groups excluding carboxylic acids is 2. The number of hydrogen-bond donors (Lipinski definition) is 1. The highest BCUT2D eigenvalue weighted by Gasteiger charge is 2.34. The van der Waals surface area contributed by atoms with Crippen molar-refractivity contribution in [2.45, 2.75) is 51.6 Å². The molecule has 0 aliphatic rings. The van der Waals surface area contributed by atoms with Gasteiger partial charge in [-0.2, -0.15) is 0 Å². The highest BCUT2D eigenvalue weighted by molar-refractivity contribution is 7.92. The summed E-state index contributed by atoms with van der Waals surface area (Å²) in [6.07, 6.45) is 0.347. The predicted octanol–water partition coefficient (Wildman–Crippen LogP) is 5.43. The third kappa shape index (κ3) is 8.24. The summed E-state index contributed by atoms with van der Waals surface area (Å²) in [7, 11) is -2.60. The molecule has 0 saturated carbocycles. The van der Waals surface area contributed by atoms with E-state index in [0.717, 1.165) is 9.87 Å². The molecular weight excluding hydrogens is 562 g/mol. The molecular formula is C31H38ClN3O5S. The second-order valence-corrected chi connectivity index (χ2v) is 12.5. The number of amides is 2. The van der Waals surface area contributed by atoms with Crippen LogP contribution in [-0.2, 0) is 26.2 Å². The van der Waals surface area contributed by atoms with Gasteiger partial charge in [0, 0.05) is 18.1 Å². The van der Waals surface area contributed by atoms with Gasteiger partial charge in [-0.05, 0) is 72.9 Å². The minimum absolute atomic E-state index is 0.00127. The Hall–Kier alpha value is -3.56. The summed E-state index contributed by atoms with van der Waals surface area (Å²) in [5.41, 5.74) is 1.83. The molecule has 0 bridgehead atoms. The number of para-hydroxylation sites is 1. The van der Waals surface area contributed by atoms with Gasteiger partial charge in [0.15, 0.2) is 0 Å². The lowest BCUT2D eigenvalue weighted by Crippen LogP contribution is -2.52. The molecule has 220 valence electrons. The molecule has 3 rings (SSSR count). The lowest BCUT2D eigenvalue weighted by Gasteiger charge is -2.33. The van der Waals surface area contributed by atoms with Crippen molar-refractivity contribution in [1.29, 1.82) is 0 Å². The van der Waals surface area contributed by atoms with Crippen molar-refractivity contribution in [3.63, 3.8) is 0 Å². The number of nitrogens with one attached hydrogen (secondary N) is 1. The summed E-state index contributed by atoms with van der Waals surface area (Å²) in [6, 6.07) is 19.2. The molecule has 8 nitrogen and oxygen atoms in total. The van der Waals surface area contributed by atoms with Crippen molar-refractivity contribution in [3.05, 3.63) is 88.9 Å². The molecule has 0 saturated heterocycles. The Morgan fingerprint density at radius 3 is 2.17 bits per heavy atom. The van der Waals surface area contributed by atoms with Gasteiger partial charge in [0.25, 0.3) is 10.0 Å². The van der Waals surface area contributed by atoms with Crippen LogP contribution in [0.5, 0.6) is 5.75 Å². The summed E-state index contributed by atoms with van der Waals surface area (Å²) in [5, 5.41) is 3.33. The van der Waals surface area contributed by atoms with E-state index in [0.29, 0.717) is 35.0 Å². The number of aryl methyl sites for hydroxylation is 1. The number of anilines is 1. The summed E-state index contributed by atoms with van der Waals surface area (Å²) in [5.74, 6) is 0.0932. The Balaban J connectivity index is 2.05. The Kier molecular flexibility index (Phi) is 11.2. The number of benzene rings is 3. The van der Waals surface area contributed by atoms with Crippen molar-refractivity contribution in [1.82, 2.24) is 10.2 Å². The zero-order valence-corrected chi connectivity index (χ0v) is 25.7. The van der Waals surface area contributed by atoms with Crippen LogP contribution in [0.15, 0.2) is 77.7 Å². The monoisotopic (exact) mass is 599 g/mol. The van der Waals surface area contributed by atoms with Gasteiger partial charge in [-0.15, -0.1) is 0 Å². The van der Waals surface area contributed by atoms with Crippen LogP contribution >= 0.6 is 11.6 Å². The van der Waals surface area contributed by atoms with Gasteiger partial charge in [-0.25, -0.2) is 8.42 Å². The van der Waals surface area contributed by atoms with Gasteiger partial charge in [0.05, 0.1) is 17.7 Å². The average molecular weight is 600 g/mol. The largest absolute Gasteiger partial charge is 0.497 e. The first-order valence-corrected chi connectivity index (χ1v) is 15.3. The van der Waals surface area contributed by atoms with E-state index in [4.69, 9.17) is 16.3 Å². The summed E-state index contributed by atoms with van der Waals surface area (Å²) >= 11 is 6.02. The van der Waals surface area contributed by atoms with Gasteiger partial charge >= 0.3 is 0 Å². The maximum absolute atomic E-state index is 14.1. The van der Waals surface area contributed by atoms with Crippen LogP contribution in [0.25, 0.3) is 0 Å². The molecule has 1 atom stereocenters. The number of ether oxygens (including phenoxy) is 1. The van der Waals surface area contributed by atoms with Crippen molar-refractivity contribution >= 4 is 39.1 Å². The molecule has 0 aliphatic heterocycles. The van der Waals surface area contributed by atoms with E-state index in [2.05, 4.69) is 5.32 Å². The summed E-state index contributed by atoms with van der Waals surface area (Å²) in [6.45, 7) is 7.66. The minimum atomic E-state index is -4.17. The average Bonchev–Trinajstić information content (AvgIpc) is 2.95. The molecule has 1 N–H and O–H groups in total.